The van der Waals surface area contributed by atoms with E-state index in [2.05, 4.69) is 0 Å². The molecule has 1 aromatic carbocycles. The van der Waals surface area contributed by atoms with Crippen molar-refractivity contribution in [3.05, 3.63) is 51.2 Å². The van der Waals surface area contributed by atoms with E-state index in [0.717, 1.165) is 17.8 Å². The van der Waals surface area contributed by atoms with Gasteiger partial charge in [-0.15, -0.1) is 11.3 Å². The minimum absolute atomic E-state index is 0.0867. The van der Waals surface area contributed by atoms with Crippen LogP contribution in [0.4, 0.5) is 0 Å². The lowest BCUT2D eigenvalue weighted by Gasteiger charge is -2.16. The van der Waals surface area contributed by atoms with Gasteiger partial charge in [-0.25, -0.2) is 4.79 Å². The minimum atomic E-state index is -1.02. The molecule has 0 spiro atoms. The lowest BCUT2D eigenvalue weighted by Crippen LogP contribution is -2.30. The fourth-order valence-corrected chi connectivity index (χ4v) is 3.46. The summed E-state index contributed by atoms with van der Waals surface area (Å²) in [5.74, 6) is -0.488. The van der Waals surface area contributed by atoms with Crippen LogP contribution in [0.1, 0.15) is 25.8 Å². The number of rotatable bonds is 4. The number of carboxylic acid groups (broad SMARTS) is 1. The van der Waals surface area contributed by atoms with Crippen molar-refractivity contribution in [1.82, 2.24) is 4.90 Å². The lowest BCUT2D eigenvalue weighted by molar-refractivity contribution is 0.0701. The number of benzene rings is 1. The number of amides is 1. The van der Waals surface area contributed by atoms with E-state index >= 15 is 0 Å². The largest absolute Gasteiger partial charge is 0.488 e. The monoisotopic (exact) mass is 351 g/mol. The van der Waals surface area contributed by atoms with Crippen molar-refractivity contribution in [2.45, 2.75) is 12.5 Å². The fourth-order valence-electron chi connectivity index (χ4n) is 2.47. The number of halogens is 1. The molecule has 0 unspecified atom stereocenters. The number of ether oxygens (including phenoxy) is 1. The Morgan fingerprint density at radius 1 is 1.26 bits per heavy atom. The number of aromatic carboxylic acids is 1. The van der Waals surface area contributed by atoms with Crippen LogP contribution in [-0.2, 0) is 0 Å². The van der Waals surface area contributed by atoms with Crippen LogP contribution in [-0.4, -0.2) is 41.1 Å². The molecule has 0 aliphatic carbocycles. The molecule has 0 radical (unpaired) electrons. The summed E-state index contributed by atoms with van der Waals surface area (Å²) in [5.41, 5.74) is 0. The zero-order chi connectivity index (χ0) is 16.4. The first kappa shape index (κ1) is 15.8. The third-order valence-corrected chi connectivity index (χ3v) is 4.85. The average Bonchev–Trinajstić information content (AvgIpc) is 3.15. The molecule has 1 fully saturated rings. The third kappa shape index (κ3) is 3.65. The molecule has 0 bridgehead atoms. The summed E-state index contributed by atoms with van der Waals surface area (Å²) in [7, 11) is 0. The number of hydrogen-bond acceptors (Lipinski definition) is 4. The molecule has 1 amide bonds. The van der Waals surface area contributed by atoms with E-state index in [4.69, 9.17) is 21.4 Å². The highest BCUT2D eigenvalue weighted by atomic mass is 35.5. The Morgan fingerprint density at radius 2 is 2.04 bits per heavy atom. The van der Waals surface area contributed by atoms with Crippen LogP contribution in [0.5, 0.6) is 5.75 Å². The molecular formula is C16H14ClNO4S. The van der Waals surface area contributed by atoms with Gasteiger partial charge in [0.25, 0.3) is 5.91 Å². The van der Waals surface area contributed by atoms with E-state index in [1.807, 2.05) is 12.1 Å². The Morgan fingerprint density at radius 3 is 2.74 bits per heavy atom. The van der Waals surface area contributed by atoms with Crippen molar-refractivity contribution in [3.8, 4) is 5.75 Å². The van der Waals surface area contributed by atoms with E-state index in [1.54, 1.807) is 23.1 Å². The van der Waals surface area contributed by atoms with Gasteiger partial charge >= 0.3 is 5.97 Å². The number of carbonyl (C=O) groups excluding carboxylic acids is 1. The molecule has 1 aromatic heterocycles. The molecule has 1 N–H and O–H groups in total. The molecule has 5 nitrogen and oxygen atoms in total. The highest BCUT2D eigenvalue weighted by Gasteiger charge is 2.29. The number of carbonyl (C=O) groups is 2. The second-order valence-corrected chi connectivity index (χ2v) is 6.73. The summed E-state index contributed by atoms with van der Waals surface area (Å²) in [6.45, 7) is 1.07. The normalized spacial score (nSPS) is 17.3. The van der Waals surface area contributed by atoms with Gasteiger partial charge in [-0.3, -0.25) is 4.79 Å². The van der Waals surface area contributed by atoms with Crippen molar-refractivity contribution in [3.63, 3.8) is 0 Å². The molecular weight excluding hydrogens is 338 g/mol. The summed E-state index contributed by atoms with van der Waals surface area (Å²) in [6.07, 6.45) is 0.645. The van der Waals surface area contributed by atoms with E-state index in [9.17, 15) is 9.59 Å². The first-order valence-electron chi connectivity index (χ1n) is 7.07. The van der Waals surface area contributed by atoms with Crippen molar-refractivity contribution in [2.24, 2.45) is 0 Å². The van der Waals surface area contributed by atoms with Gasteiger partial charge in [0.1, 0.15) is 16.7 Å². The van der Waals surface area contributed by atoms with Crippen LogP contribution in [0, 0.1) is 0 Å². The van der Waals surface area contributed by atoms with Gasteiger partial charge in [0, 0.05) is 18.0 Å². The lowest BCUT2D eigenvalue weighted by atomic mass is 10.3. The molecule has 1 saturated heterocycles. The van der Waals surface area contributed by atoms with Crippen LogP contribution < -0.4 is 4.74 Å². The average molecular weight is 352 g/mol. The van der Waals surface area contributed by atoms with Crippen LogP contribution in [0.2, 0.25) is 5.02 Å². The molecule has 1 aliphatic heterocycles. The Balaban J connectivity index is 1.62. The quantitative estimate of drug-likeness (QED) is 0.916. The van der Waals surface area contributed by atoms with Gasteiger partial charge in [-0.05, 0) is 30.3 Å². The van der Waals surface area contributed by atoms with Gasteiger partial charge in [-0.2, -0.15) is 0 Å². The van der Waals surface area contributed by atoms with Crippen LogP contribution in [0.25, 0.3) is 0 Å². The Kier molecular flexibility index (Phi) is 4.54. The molecule has 23 heavy (non-hydrogen) atoms. The number of thiophene rings is 1. The topological polar surface area (TPSA) is 66.8 Å². The molecule has 7 heteroatoms. The first-order valence-corrected chi connectivity index (χ1v) is 8.27. The van der Waals surface area contributed by atoms with Gasteiger partial charge in [0.2, 0.25) is 0 Å². The van der Waals surface area contributed by atoms with Crippen molar-refractivity contribution in [1.29, 1.82) is 0 Å². The van der Waals surface area contributed by atoms with Crippen LogP contribution >= 0.6 is 22.9 Å². The predicted octanol–water partition coefficient (Wildman–Crippen LogP) is 3.39. The molecule has 1 aliphatic rings. The Hall–Kier alpha value is -2.05. The smallest absolute Gasteiger partial charge is 0.345 e. The standard InChI is InChI=1S/C16H14ClNO4S/c17-10-2-1-3-11(8-10)22-12-6-7-18(9-12)15(19)13-4-5-14(23-13)16(20)21/h1-5,8,12H,6-7,9H2,(H,20,21)/t12-/m1/s1. The maximum atomic E-state index is 12.4. The van der Waals surface area contributed by atoms with Crippen molar-refractivity contribution < 1.29 is 19.4 Å². The summed E-state index contributed by atoms with van der Waals surface area (Å²) in [5, 5.41) is 9.53. The van der Waals surface area contributed by atoms with Gasteiger partial charge in [0.15, 0.2) is 0 Å². The zero-order valence-electron chi connectivity index (χ0n) is 12.1. The van der Waals surface area contributed by atoms with E-state index in [0.29, 0.717) is 28.7 Å². The Bertz CT molecular complexity index is 745. The van der Waals surface area contributed by atoms with Crippen LogP contribution in [0.3, 0.4) is 0 Å². The van der Waals surface area contributed by atoms with E-state index in [-0.39, 0.29) is 16.9 Å². The number of likely N-dealkylation sites (tertiary alicyclic amines) is 1. The van der Waals surface area contributed by atoms with Gasteiger partial charge in [-0.1, -0.05) is 17.7 Å². The summed E-state index contributed by atoms with van der Waals surface area (Å²) >= 11 is 6.92. The fraction of sp³-hybridized carbons (Fsp3) is 0.250. The molecule has 120 valence electrons. The SMILES string of the molecule is O=C(O)c1ccc(C(=O)N2CC[C@@H](Oc3cccc(Cl)c3)C2)s1. The minimum Gasteiger partial charge on any atom is -0.488 e. The third-order valence-electron chi connectivity index (χ3n) is 3.56. The van der Waals surface area contributed by atoms with Crippen molar-refractivity contribution >= 4 is 34.8 Å². The van der Waals surface area contributed by atoms with Crippen molar-refractivity contribution in [2.75, 3.05) is 13.1 Å². The van der Waals surface area contributed by atoms with Gasteiger partial charge in [0.05, 0.1) is 11.4 Å². The number of nitrogens with zero attached hydrogens (tertiary/aromatic N) is 1. The summed E-state index contributed by atoms with van der Waals surface area (Å²) in [6, 6.07) is 10.2. The molecule has 0 saturated carbocycles. The summed E-state index contributed by atoms with van der Waals surface area (Å²) in [4.78, 5) is 25.6. The molecule has 2 heterocycles. The van der Waals surface area contributed by atoms with Gasteiger partial charge < -0.3 is 14.7 Å². The highest BCUT2D eigenvalue weighted by Crippen LogP contribution is 2.24. The second kappa shape index (κ2) is 6.60. The van der Waals surface area contributed by atoms with E-state index < -0.39 is 5.97 Å². The number of hydrogen-bond donors (Lipinski definition) is 1. The first-order chi connectivity index (χ1) is 11.0. The Labute approximate surface area is 142 Å². The van der Waals surface area contributed by atoms with E-state index in [1.165, 1.54) is 6.07 Å². The molecule has 3 rings (SSSR count). The second-order valence-electron chi connectivity index (χ2n) is 5.21. The maximum absolute atomic E-state index is 12.4. The molecule has 2 aromatic rings. The number of carboxylic acids is 1. The maximum Gasteiger partial charge on any atom is 0.345 e. The molecule has 1 atom stereocenters. The van der Waals surface area contributed by atoms with Crippen LogP contribution in [0.15, 0.2) is 36.4 Å². The highest BCUT2D eigenvalue weighted by molar-refractivity contribution is 7.15. The predicted molar refractivity (Wildman–Crippen MR) is 87.7 cm³/mol. The summed E-state index contributed by atoms with van der Waals surface area (Å²) < 4.78 is 5.85. The zero-order valence-corrected chi connectivity index (χ0v) is 13.6.